The fraction of sp³-hybridized carbons (Fsp3) is 0.483. The number of likely N-dealkylation sites (tertiary alicyclic amines) is 1. The van der Waals surface area contributed by atoms with Crippen LogP contribution in [0.3, 0.4) is 0 Å². The zero-order chi connectivity index (χ0) is 26.2. The lowest BCUT2D eigenvalue weighted by Crippen LogP contribution is -2.37. The van der Waals surface area contributed by atoms with Crippen LogP contribution in [0.25, 0.3) is 33.1 Å². The number of nitrogens with zero attached hydrogens (tertiary/aromatic N) is 5. The third kappa shape index (κ3) is 4.70. The summed E-state index contributed by atoms with van der Waals surface area (Å²) >= 11 is 0. The molecular weight excluding hydrogens is 482 g/mol. The molecule has 1 N–H and O–H groups in total. The Labute approximate surface area is 221 Å². The molecule has 1 aliphatic carbocycles. The molecule has 3 aromatic heterocycles. The van der Waals surface area contributed by atoms with Crippen molar-refractivity contribution in [3.05, 3.63) is 53.2 Å². The Kier molecular flexibility index (Phi) is 6.90. The molecule has 0 bridgehead atoms. The maximum Gasteiger partial charge on any atom is 0.329 e. The quantitative estimate of drug-likeness (QED) is 0.357. The summed E-state index contributed by atoms with van der Waals surface area (Å²) in [7, 11) is 3.54. The summed E-state index contributed by atoms with van der Waals surface area (Å²) in [6.07, 6.45) is 8.02. The molecule has 1 saturated heterocycles. The SMILES string of the molecule is COC1CC(n2c(=O)n(C)c3cnc4ccc(-c5ccc(OCCCN6CCC(O)CC6)nc5)cc4c32)C1. The maximum absolute atomic E-state index is 13.2. The Hall–Kier alpha value is -3.27. The molecule has 200 valence electrons. The van der Waals surface area contributed by atoms with E-state index in [-0.39, 0.29) is 23.9 Å². The van der Waals surface area contributed by atoms with E-state index in [9.17, 15) is 9.90 Å². The number of pyridine rings is 2. The summed E-state index contributed by atoms with van der Waals surface area (Å²) < 4.78 is 15.0. The molecule has 0 radical (unpaired) electrons. The van der Waals surface area contributed by atoms with Gasteiger partial charge in [-0.3, -0.25) is 14.1 Å². The normalized spacial score (nSPS) is 20.7. The number of ether oxygens (including phenoxy) is 2. The highest BCUT2D eigenvalue weighted by molar-refractivity contribution is 6.04. The minimum atomic E-state index is -0.140. The van der Waals surface area contributed by atoms with Crippen LogP contribution in [0.2, 0.25) is 0 Å². The van der Waals surface area contributed by atoms with Gasteiger partial charge in [-0.05, 0) is 55.9 Å². The summed E-state index contributed by atoms with van der Waals surface area (Å²) in [5.74, 6) is 0.613. The van der Waals surface area contributed by atoms with Gasteiger partial charge >= 0.3 is 5.69 Å². The first-order valence-electron chi connectivity index (χ1n) is 13.5. The summed E-state index contributed by atoms with van der Waals surface area (Å²) in [6.45, 7) is 3.49. The number of aliphatic hydroxyl groups excluding tert-OH is 1. The number of rotatable bonds is 8. The van der Waals surface area contributed by atoms with Crippen LogP contribution < -0.4 is 10.4 Å². The van der Waals surface area contributed by atoms with Gasteiger partial charge in [0.15, 0.2) is 0 Å². The second kappa shape index (κ2) is 10.5. The molecule has 1 saturated carbocycles. The van der Waals surface area contributed by atoms with E-state index in [0.29, 0.717) is 12.5 Å². The summed E-state index contributed by atoms with van der Waals surface area (Å²) in [4.78, 5) is 24.7. The highest BCUT2D eigenvalue weighted by Gasteiger charge is 2.33. The maximum atomic E-state index is 13.2. The van der Waals surface area contributed by atoms with E-state index < -0.39 is 0 Å². The van der Waals surface area contributed by atoms with Crippen LogP contribution in [0.1, 0.15) is 38.1 Å². The number of methoxy groups -OCH3 is 1. The van der Waals surface area contributed by atoms with Gasteiger partial charge in [-0.25, -0.2) is 9.78 Å². The van der Waals surface area contributed by atoms with Gasteiger partial charge in [0.05, 0.1) is 41.6 Å². The van der Waals surface area contributed by atoms with Crippen LogP contribution in [-0.2, 0) is 11.8 Å². The first kappa shape index (κ1) is 25.0. The van der Waals surface area contributed by atoms with E-state index in [1.165, 1.54) is 0 Å². The van der Waals surface area contributed by atoms with Crippen LogP contribution in [-0.4, -0.2) is 74.7 Å². The van der Waals surface area contributed by atoms with E-state index in [1.807, 2.05) is 42.1 Å². The van der Waals surface area contributed by atoms with Gasteiger partial charge in [0.2, 0.25) is 5.88 Å². The minimum Gasteiger partial charge on any atom is -0.478 e. The molecule has 9 heteroatoms. The van der Waals surface area contributed by atoms with E-state index >= 15 is 0 Å². The third-order valence-electron chi connectivity index (χ3n) is 8.18. The van der Waals surface area contributed by atoms with Gasteiger partial charge in [-0.2, -0.15) is 0 Å². The third-order valence-corrected chi connectivity index (χ3v) is 8.18. The van der Waals surface area contributed by atoms with Gasteiger partial charge in [0.1, 0.15) is 0 Å². The Bertz CT molecular complexity index is 1480. The summed E-state index contributed by atoms with van der Waals surface area (Å²) in [6, 6.07) is 10.2. The molecule has 6 rings (SSSR count). The fourth-order valence-corrected chi connectivity index (χ4v) is 5.73. The standard InChI is InChI=1S/C29H35N5O4/c1-32-26-18-30-25-6-4-19(14-24(25)28(26)34(29(32)36)21-15-23(16-21)37-2)20-5-7-27(31-17-20)38-13-3-10-33-11-8-22(35)9-12-33/h4-7,14,17-18,21-23,35H,3,8-13,15-16H2,1-2H3. The number of aromatic nitrogens is 4. The van der Waals surface area contributed by atoms with Gasteiger partial charge in [-0.1, -0.05) is 6.07 Å². The molecule has 9 nitrogen and oxygen atoms in total. The average Bonchev–Trinajstić information content (AvgIpc) is 3.17. The number of hydrogen-bond donors (Lipinski definition) is 1. The van der Waals surface area contributed by atoms with Gasteiger partial charge < -0.3 is 19.5 Å². The predicted molar refractivity (Wildman–Crippen MR) is 147 cm³/mol. The Morgan fingerprint density at radius 1 is 1.05 bits per heavy atom. The van der Waals surface area contributed by atoms with Crippen molar-refractivity contribution in [1.29, 1.82) is 0 Å². The smallest absolute Gasteiger partial charge is 0.329 e. The molecule has 38 heavy (non-hydrogen) atoms. The largest absolute Gasteiger partial charge is 0.478 e. The second-order valence-corrected chi connectivity index (χ2v) is 10.6. The monoisotopic (exact) mass is 517 g/mol. The molecule has 1 aromatic carbocycles. The lowest BCUT2D eigenvalue weighted by molar-refractivity contribution is 0.00635. The highest BCUT2D eigenvalue weighted by Crippen LogP contribution is 2.37. The topological polar surface area (TPSA) is 94.6 Å². The average molecular weight is 518 g/mol. The number of imidazole rings is 1. The molecular formula is C29H35N5O4. The van der Waals surface area contributed by atoms with Crippen LogP contribution in [0.5, 0.6) is 5.88 Å². The van der Waals surface area contributed by atoms with Crippen molar-refractivity contribution in [2.75, 3.05) is 33.4 Å². The fourth-order valence-electron chi connectivity index (χ4n) is 5.73. The number of fused-ring (bicyclic) bond motifs is 3. The molecule has 1 aliphatic heterocycles. The van der Waals surface area contributed by atoms with E-state index in [0.717, 1.165) is 84.8 Å². The molecule has 4 aromatic rings. The molecule has 2 fully saturated rings. The van der Waals surface area contributed by atoms with E-state index in [4.69, 9.17) is 9.47 Å². The Morgan fingerprint density at radius 2 is 1.84 bits per heavy atom. The summed E-state index contributed by atoms with van der Waals surface area (Å²) in [5.41, 5.74) is 4.61. The van der Waals surface area contributed by atoms with Crippen molar-refractivity contribution in [2.45, 2.75) is 50.4 Å². The van der Waals surface area contributed by atoms with Crippen LogP contribution >= 0.6 is 0 Å². The van der Waals surface area contributed by atoms with Gasteiger partial charge in [-0.15, -0.1) is 0 Å². The van der Waals surface area contributed by atoms with Crippen LogP contribution in [0.15, 0.2) is 47.5 Å². The molecule has 0 atom stereocenters. The lowest BCUT2D eigenvalue weighted by Gasteiger charge is -2.34. The Morgan fingerprint density at radius 3 is 2.58 bits per heavy atom. The molecule has 4 heterocycles. The van der Waals surface area contributed by atoms with Gasteiger partial charge in [0.25, 0.3) is 0 Å². The zero-order valence-electron chi connectivity index (χ0n) is 22.0. The van der Waals surface area contributed by atoms with Crippen molar-refractivity contribution in [3.63, 3.8) is 0 Å². The predicted octanol–water partition coefficient (Wildman–Crippen LogP) is 3.53. The van der Waals surface area contributed by atoms with Crippen molar-refractivity contribution in [3.8, 4) is 17.0 Å². The molecule has 0 amide bonds. The van der Waals surface area contributed by atoms with Crippen molar-refractivity contribution >= 4 is 21.9 Å². The summed E-state index contributed by atoms with van der Waals surface area (Å²) in [5, 5.41) is 10.6. The number of benzene rings is 1. The van der Waals surface area contributed by atoms with E-state index in [2.05, 4.69) is 20.9 Å². The highest BCUT2D eigenvalue weighted by atomic mass is 16.5. The van der Waals surface area contributed by atoms with Crippen molar-refractivity contribution in [1.82, 2.24) is 24.0 Å². The van der Waals surface area contributed by atoms with Crippen molar-refractivity contribution < 1.29 is 14.6 Å². The molecule has 0 spiro atoms. The minimum absolute atomic E-state index is 0.0136. The first-order chi connectivity index (χ1) is 18.5. The number of piperidine rings is 1. The van der Waals surface area contributed by atoms with E-state index in [1.54, 1.807) is 17.9 Å². The van der Waals surface area contributed by atoms with Gasteiger partial charge in [0, 0.05) is 63.0 Å². The lowest BCUT2D eigenvalue weighted by atomic mass is 9.89. The second-order valence-electron chi connectivity index (χ2n) is 10.6. The molecule has 0 unspecified atom stereocenters. The Balaban J connectivity index is 1.20. The van der Waals surface area contributed by atoms with Crippen LogP contribution in [0, 0.1) is 0 Å². The molecule has 2 aliphatic rings. The van der Waals surface area contributed by atoms with Crippen LogP contribution in [0.4, 0.5) is 0 Å². The number of hydrogen-bond acceptors (Lipinski definition) is 7. The number of aryl methyl sites for hydroxylation is 1. The zero-order valence-corrected chi connectivity index (χ0v) is 22.0. The first-order valence-corrected chi connectivity index (χ1v) is 13.5. The van der Waals surface area contributed by atoms with Crippen molar-refractivity contribution in [2.24, 2.45) is 7.05 Å². The number of aliphatic hydroxyl groups is 1.